The first kappa shape index (κ1) is 14.2. The van der Waals surface area contributed by atoms with Crippen LogP contribution in [-0.4, -0.2) is 9.78 Å². The zero-order valence-electron chi connectivity index (χ0n) is 11.9. The van der Waals surface area contributed by atoms with Crippen molar-refractivity contribution in [1.29, 1.82) is 0 Å². The van der Waals surface area contributed by atoms with Gasteiger partial charge in [-0.05, 0) is 28.3 Å². The SMILES string of the molecule is CC1(C)c2ccccc2-c2cc[c-]c(-n3cccn3)c21.[Ir]. The van der Waals surface area contributed by atoms with Gasteiger partial charge in [0.05, 0.1) is 0 Å². The van der Waals surface area contributed by atoms with Crippen LogP contribution in [0, 0.1) is 6.07 Å². The Balaban J connectivity index is 0.00000132. The molecule has 0 aliphatic heterocycles. The fourth-order valence-corrected chi connectivity index (χ4v) is 3.32. The largest absolute Gasteiger partial charge is 0.265 e. The van der Waals surface area contributed by atoms with Crippen LogP contribution in [0.5, 0.6) is 0 Å². The molecule has 0 saturated carbocycles. The number of aromatic nitrogens is 2. The monoisotopic (exact) mass is 452 g/mol. The van der Waals surface area contributed by atoms with E-state index in [0.717, 1.165) is 5.69 Å². The number of hydrogen-bond donors (Lipinski definition) is 0. The van der Waals surface area contributed by atoms with E-state index in [2.05, 4.69) is 55.3 Å². The fourth-order valence-electron chi connectivity index (χ4n) is 3.32. The van der Waals surface area contributed by atoms with Gasteiger partial charge in [-0.3, -0.25) is 4.68 Å². The van der Waals surface area contributed by atoms with Crippen LogP contribution in [0.15, 0.2) is 54.9 Å². The molecule has 0 bridgehead atoms. The van der Waals surface area contributed by atoms with E-state index in [4.69, 9.17) is 0 Å². The van der Waals surface area contributed by atoms with Crippen LogP contribution in [-0.2, 0) is 25.5 Å². The molecule has 2 aromatic carbocycles. The predicted octanol–water partition coefficient (Wildman–Crippen LogP) is 3.98. The molecule has 0 saturated heterocycles. The summed E-state index contributed by atoms with van der Waals surface area (Å²) in [6.07, 6.45) is 3.79. The third-order valence-electron chi connectivity index (χ3n) is 4.23. The Hall–Kier alpha value is -1.70. The number of hydrogen-bond acceptors (Lipinski definition) is 1. The minimum absolute atomic E-state index is 0. The summed E-state index contributed by atoms with van der Waals surface area (Å²) < 4.78 is 1.91. The minimum atomic E-state index is -0.0228. The maximum absolute atomic E-state index is 4.38. The van der Waals surface area contributed by atoms with Gasteiger partial charge in [-0.1, -0.05) is 38.1 Å². The maximum Gasteiger partial charge on any atom is 0.0493 e. The van der Waals surface area contributed by atoms with E-state index in [0.29, 0.717) is 0 Å². The smallest absolute Gasteiger partial charge is 0.0493 e. The van der Waals surface area contributed by atoms with E-state index in [1.807, 2.05) is 29.2 Å². The molecule has 1 radical (unpaired) electrons. The minimum Gasteiger partial charge on any atom is -0.265 e. The second-order valence-electron chi connectivity index (χ2n) is 5.74. The van der Waals surface area contributed by atoms with Crippen molar-refractivity contribution in [1.82, 2.24) is 9.78 Å². The van der Waals surface area contributed by atoms with E-state index < -0.39 is 0 Å². The van der Waals surface area contributed by atoms with Crippen molar-refractivity contribution in [2.24, 2.45) is 0 Å². The molecule has 1 aliphatic rings. The van der Waals surface area contributed by atoms with E-state index in [1.54, 1.807) is 0 Å². The Labute approximate surface area is 138 Å². The third-order valence-corrected chi connectivity index (χ3v) is 4.23. The molecular weight excluding hydrogens is 436 g/mol. The summed E-state index contributed by atoms with van der Waals surface area (Å²) in [6.45, 7) is 4.55. The molecule has 1 heterocycles. The first-order valence-electron chi connectivity index (χ1n) is 6.84. The number of rotatable bonds is 1. The third kappa shape index (κ3) is 1.92. The van der Waals surface area contributed by atoms with Gasteiger partial charge < -0.3 is 0 Å². The van der Waals surface area contributed by atoms with E-state index >= 15 is 0 Å². The molecule has 0 fully saturated rings. The average molecular weight is 452 g/mol. The van der Waals surface area contributed by atoms with Crippen LogP contribution in [0.2, 0.25) is 0 Å². The van der Waals surface area contributed by atoms with Crippen molar-refractivity contribution in [2.75, 3.05) is 0 Å². The summed E-state index contributed by atoms with van der Waals surface area (Å²) in [7, 11) is 0. The van der Waals surface area contributed by atoms with E-state index in [9.17, 15) is 0 Å². The van der Waals surface area contributed by atoms with Crippen LogP contribution in [0.4, 0.5) is 0 Å². The molecule has 1 aliphatic carbocycles. The molecule has 0 N–H and O–H groups in total. The Kier molecular flexibility index (Phi) is 3.35. The Morgan fingerprint density at radius 1 is 1.05 bits per heavy atom. The summed E-state index contributed by atoms with van der Waals surface area (Å²) in [4.78, 5) is 0. The second kappa shape index (κ2) is 4.94. The second-order valence-corrected chi connectivity index (χ2v) is 5.74. The standard InChI is InChI=1S/C18H15N2.Ir/c1-18(2)15-9-4-3-7-13(15)14-8-5-10-16(17(14)18)20-12-6-11-19-20;/h3-9,11-12H,1-2H3;/q-1;. The first-order valence-corrected chi connectivity index (χ1v) is 6.84. The molecule has 107 valence electrons. The van der Waals surface area contributed by atoms with Crippen molar-refractivity contribution >= 4 is 0 Å². The normalized spacial score (nSPS) is 14.2. The quantitative estimate of drug-likeness (QED) is 0.512. The van der Waals surface area contributed by atoms with E-state index in [1.165, 1.54) is 22.3 Å². The summed E-state index contributed by atoms with van der Waals surface area (Å²) in [5.41, 5.74) is 6.34. The summed E-state index contributed by atoms with van der Waals surface area (Å²) in [5.74, 6) is 0. The molecule has 0 spiro atoms. The average Bonchev–Trinajstić information content (AvgIpc) is 3.07. The van der Waals surface area contributed by atoms with Gasteiger partial charge >= 0.3 is 0 Å². The molecule has 3 heteroatoms. The molecule has 3 aromatic rings. The van der Waals surface area contributed by atoms with Gasteiger partial charge in [-0.25, -0.2) is 0 Å². The summed E-state index contributed by atoms with van der Waals surface area (Å²) in [6, 6.07) is 18.1. The van der Waals surface area contributed by atoms with Crippen LogP contribution in [0.3, 0.4) is 0 Å². The zero-order chi connectivity index (χ0) is 13.7. The van der Waals surface area contributed by atoms with Gasteiger partial charge in [0.15, 0.2) is 0 Å². The van der Waals surface area contributed by atoms with E-state index in [-0.39, 0.29) is 25.5 Å². The van der Waals surface area contributed by atoms with Gasteiger partial charge in [0, 0.05) is 32.5 Å². The van der Waals surface area contributed by atoms with Gasteiger partial charge in [0.2, 0.25) is 0 Å². The predicted molar refractivity (Wildman–Crippen MR) is 80.0 cm³/mol. The number of benzene rings is 2. The molecule has 0 atom stereocenters. The van der Waals surface area contributed by atoms with Crippen molar-refractivity contribution in [3.05, 3.63) is 72.1 Å². The van der Waals surface area contributed by atoms with Crippen molar-refractivity contribution in [3.63, 3.8) is 0 Å². The molecule has 21 heavy (non-hydrogen) atoms. The topological polar surface area (TPSA) is 17.8 Å². The number of nitrogens with zero attached hydrogens (tertiary/aromatic N) is 2. The molecule has 4 rings (SSSR count). The number of fused-ring (bicyclic) bond motifs is 3. The van der Waals surface area contributed by atoms with Crippen LogP contribution < -0.4 is 0 Å². The molecular formula is C18H15IrN2-. The molecule has 0 amide bonds. The zero-order valence-corrected chi connectivity index (χ0v) is 14.3. The van der Waals surface area contributed by atoms with Crippen LogP contribution in [0.25, 0.3) is 16.8 Å². The van der Waals surface area contributed by atoms with Crippen molar-refractivity contribution < 1.29 is 20.1 Å². The fraction of sp³-hybridized carbons (Fsp3) is 0.167. The van der Waals surface area contributed by atoms with Crippen LogP contribution in [0.1, 0.15) is 25.0 Å². The van der Waals surface area contributed by atoms with Crippen molar-refractivity contribution in [3.8, 4) is 16.8 Å². The maximum atomic E-state index is 4.38. The van der Waals surface area contributed by atoms with Crippen LogP contribution >= 0.6 is 0 Å². The molecule has 2 nitrogen and oxygen atoms in total. The van der Waals surface area contributed by atoms with Gasteiger partial charge in [0.25, 0.3) is 0 Å². The van der Waals surface area contributed by atoms with Crippen molar-refractivity contribution in [2.45, 2.75) is 19.3 Å². The summed E-state index contributed by atoms with van der Waals surface area (Å²) in [5, 5.41) is 4.38. The Bertz CT molecular complexity index is 789. The van der Waals surface area contributed by atoms with Gasteiger partial charge in [-0.2, -0.15) is 23.3 Å². The Morgan fingerprint density at radius 2 is 1.86 bits per heavy atom. The van der Waals surface area contributed by atoms with Gasteiger partial charge in [0.1, 0.15) is 0 Å². The molecule has 1 aromatic heterocycles. The molecule has 0 unspecified atom stereocenters. The first-order chi connectivity index (χ1) is 9.69. The summed E-state index contributed by atoms with van der Waals surface area (Å²) >= 11 is 0. The Morgan fingerprint density at radius 3 is 2.62 bits per heavy atom. The van der Waals surface area contributed by atoms with Gasteiger partial charge in [-0.15, -0.1) is 11.1 Å².